The highest BCUT2D eigenvalue weighted by atomic mass is 35.7. The van der Waals surface area contributed by atoms with E-state index in [1.54, 1.807) is 0 Å². The van der Waals surface area contributed by atoms with Crippen molar-refractivity contribution in [3.63, 3.8) is 0 Å². The third kappa shape index (κ3) is 7.18. The summed E-state index contributed by atoms with van der Waals surface area (Å²) < 4.78 is 12.0. The highest BCUT2D eigenvalue weighted by Gasteiger charge is 2.28. The van der Waals surface area contributed by atoms with E-state index in [0.29, 0.717) is 11.5 Å². The van der Waals surface area contributed by atoms with Gasteiger partial charge in [0.2, 0.25) is 0 Å². The molecule has 0 aliphatic carbocycles. The molecule has 2 N–H and O–H groups in total. The minimum absolute atomic E-state index is 0.0105. The first-order valence-corrected chi connectivity index (χ1v) is 17.3. The van der Waals surface area contributed by atoms with Crippen molar-refractivity contribution >= 4 is 37.9 Å². The van der Waals surface area contributed by atoms with E-state index >= 15 is 0 Å². The Morgan fingerprint density at radius 3 is 1.15 bits per heavy atom. The molecule has 0 saturated heterocycles. The van der Waals surface area contributed by atoms with Crippen LogP contribution in [0.15, 0.2) is 84.9 Å². The van der Waals surface area contributed by atoms with Crippen molar-refractivity contribution in [1.82, 2.24) is 0 Å². The van der Waals surface area contributed by atoms with Crippen LogP contribution in [0.5, 0.6) is 11.5 Å². The Bertz CT molecular complexity index is 1320. The van der Waals surface area contributed by atoms with Crippen LogP contribution in [0.1, 0.15) is 83.0 Å². The first kappa shape index (κ1) is 30.8. The second-order valence-electron chi connectivity index (χ2n) is 10.2. The summed E-state index contributed by atoms with van der Waals surface area (Å²) >= 11 is 12.2. The van der Waals surface area contributed by atoms with Crippen molar-refractivity contribution in [3.8, 4) is 11.5 Å². The molecule has 210 valence electrons. The van der Waals surface area contributed by atoms with Gasteiger partial charge in [-0.3, -0.25) is 0 Å². The zero-order valence-electron chi connectivity index (χ0n) is 23.2. The molecule has 4 aromatic rings. The van der Waals surface area contributed by atoms with E-state index in [1.807, 2.05) is 50.2 Å². The average molecular weight is 615 g/mol. The van der Waals surface area contributed by atoms with Gasteiger partial charge in [-0.1, -0.05) is 117 Å². The number of benzene rings is 4. The van der Waals surface area contributed by atoms with E-state index in [2.05, 4.69) is 69.3 Å². The third-order valence-electron chi connectivity index (χ3n) is 7.38. The number of aryl methyl sites for hydroxylation is 2. The summed E-state index contributed by atoms with van der Waals surface area (Å²) in [5.74, 6) is 0.847. The Labute approximate surface area is 249 Å². The molecule has 0 spiro atoms. The van der Waals surface area contributed by atoms with E-state index in [9.17, 15) is 9.79 Å². The van der Waals surface area contributed by atoms with Gasteiger partial charge in [0.05, 0.1) is 0 Å². The maximum Gasteiger partial charge on any atom is 0.335 e. The largest absolute Gasteiger partial charge is 0.435 e. The van der Waals surface area contributed by atoms with Gasteiger partial charge >= 0.3 is 15.5 Å². The van der Waals surface area contributed by atoms with Gasteiger partial charge in [-0.25, -0.2) is 0 Å². The van der Waals surface area contributed by atoms with Gasteiger partial charge < -0.3 is 18.8 Å². The molecule has 8 heteroatoms. The van der Waals surface area contributed by atoms with Crippen molar-refractivity contribution in [2.75, 3.05) is 0 Å². The van der Waals surface area contributed by atoms with Crippen LogP contribution in [0.3, 0.4) is 0 Å². The molecule has 0 aliphatic rings. The lowest BCUT2D eigenvalue weighted by molar-refractivity contribution is 0.489. The zero-order valence-corrected chi connectivity index (χ0v) is 26.5. The standard InChI is InChI=1S/C32H34Cl2O4P2/c1-20-16-27(22(3)25-12-8-6-9-13-25)31(37-39(33)35)29(18-20)24(5)30-19-21(2)17-28(32(30)38-40(34)36)23(4)26-14-10-7-11-15-26/h6-19,22-24,35-36H,1-5H3. The van der Waals surface area contributed by atoms with Crippen LogP contribution in [0.4, 0.5) is 0 Å². The Kier molecular flexibility index (Phi) is 10.5. The lowest BCUT2D eigenvalue weighted by atomic mass is 9.82. The molecule has 0 fully saturated rings. The van der Waals surface area contributed by atoms with Gasteiger partial charge in [0.15, 0.2) is 0 Å². The van der Waals surface area contributed by atoms with Crippen LogP contribution in [0.2, 0.25) is 0 Å². The molecule has 0 amide bonds. The molecule has 0 aliphatic heterocycles. The summed E-state index contributed by atoms with van der Waals surface area (Å²) in [6.07, 6.45) is 0. The number of halogens is 2. The Morgan fingerprint density at radius 2 is 0.850 bits per heavy atom. The van der Waals surface area contributed by atoms with E-state index in [1.165, 1.54) is 0 Å². The normalized spacial score (nSPS) is 15.1. The molecule has 0 saturated carbocycles. The van der Waals surface area contributed by atoms with Gasteiger partial charge in [-0.05, 0) is 47.5 Å². The molecule has 0 bridgehead atoms. The predicted molar refractivity (Wildman–Crippen MR) is 169 cm³/mol. The smallest absolute Gasteiger partial charge is 0.335 e. The molecule has 0 radical (unpaired) electrons. The van der Waals surface area contributed by atoms with Crippen LogP contribution in [-0.4, -0.2) is 9.79 Å². The SMILES string of the molecule is Cc1cc(C(C)c2ccccc2)c(OP(O)Cl)c(C(C)c2cc(C)cc(C(C)c3ccccc3)c2OP(O)Cl)c1. The molecule has 4 rings (SSSR count). The van der Waals surface area contributed by atoms with Crippen molar-refractivity contribution in [3.05, 3.63) is 129 Å². The highest BCUT2D eigenvalue weighted by molar-refractivity contribution is 7.75. The summed E-state index contributed by atoms with van der Waals surface area (Å²) in [6.45, 7) is 10.4. The monoisotopic (exact) mass is 614 g/mol. The van der Waals surface area contributed by atoms with Gasteiger partial charge in [-0.15, -0.1) is 0 Å². The summed E-state index contributed by atoms with van der Waals surface area (Å²) in [5, 5.41) is 0. The van der Waals surface area contributed by atoms with Gasteiger partial charge in [0, 0.05) is 40.0 Å². The minimum Gasteiger partial charge on any atom is -0.435 e. The zero-order chi connectivity index (χ0) is 29.0. The van der Waals surface area contributed by atoms with E-state index in [0.717, 1.165) is 44.5 Å². The van der Waals surface area contributed by atoms with Crippen LogP contribution in [-0.2, 0) is 0 Å². The lowest BCUT2D eigenvalue weighted by Gasteiger charge is -2.27. The maximum absolute atomic E-state index is 10.2. The molecule has 40 heavy (non-hydrogen) atoms. The van der Waals surface area contributed by atoms with Gasteiger partial charge in [0.1, 0.15) is 11.5 Å². The van der Waals surface area contributed by atoms with Crippen molar-refractivity contribution in [1.29, 1.82) is 0 Å². The number of hydrogen-bond acceptors (Lipinski definition) is 4. The first-order valence-electron chi connectivity index (χ1n) is 13.1. The predicted octanol–water partition coefficient (Wildman–Crippen LogP) is 10.4. The number of hydrogen-bond donors (Lipinski definition) is 2. The first-order chi connectivity index (χ1) is 19.1. The van der Waals surface area contributed by atoms with Gasteiger partial charge in [-0.2, -0.15) is 0 Å². The molecule has 0 heterocycles. The molecular weight excluding hydrogens is 581 g/mol. The van der Waals surface area contributed by atoms with Gasteiger partial charge in [0.25, 0.3) is 0 Å². The molecule has 4 nitrogen and oxygen atoms in total. The second-order valence-corrected chi connectivity index (χ2v) is 13.2. The molecule has 0 aromatic heterocycles. The van der Waals surface area contributed by atoms with Crippen molar-refractivity contribution in [2.24, 2.45) is 0 Å². The van der Waals surface area contributed by atoms with Crippen molar-refractivity contribution in [2.45, 2.75) is 52.4 Å². The molecule has 4 aromatic carbocycles. The second kappa shape index (κ2) is 13.7. The van der Waals surface area contributed by atoms with E-state index < -0.39 is 15.5 Å². The summed E-state index contributed by atoms with van der Waals surface area (Å²) in [5.41, 5.74) is 7.96. The fraction of sp³-hybridized carbons (Fsp3) is 0.250. The van der Waals surface area contributed by atoms with E-state index in [-0.39, 0.29) is 17.8 Å². The third-order valence-corrected chi connectivity index (χ3v) is 8.46. The van der Waals surface area contributed by atoms with E-state index in [4.69, 9.17) is 31.5 Å². The lowest BCUT2D eigenvalue weighted by Crippen LogP contribution is -2.09. The maximum atomic E-state index is 10.2. The number of rotatable bonds is 10. The molecule has 4 atom stereocenters. The summed E-state index contributed by atoms with van der Waals surface area (Å²) in [6, 6.07) is 28.6. The quantitative estimate of drug-likeness (QED) is 0.174. The van der Waals surface area contributed by atoms with Crippen LogP contribution in [0.25, 0.3) is 0 Å². The fourth-order valence-electron chi connectivity index (χ4n) is 5.32. The molecular formula is C32H34Cl2O4P2. The van der Waals surface area contributed by atoms with Crippen LogP contribution in [0, 0.1) is 13.8 Å². The average Bonchev–Trinajstić information content (AvgIpc) is 2.93. The van der Waals surface area contributed by atoms with Crippen LogP contribution < -0.4 is 9.05 Å². The van der Waals surface area contributed by atoms with Crippen molar-refractivity contribution < 1.29 is 18.8 Å². The van der Waals surface area contributed by atoms with Crippen LogP contribution >= 0.6 is 37.9 Å². The Morgan fingerprint density at radius 1 is 0.550 bits per heavy atom. The Hall–Kier alpha value is -2.16. The molecule has 4 unspecified atom stereocenters. The summed E-state index contributed by atoms with van der Waals surface area (Å²) in [4.78, 5) is 20.4. The fourth-order valence-corrected chi connectivity index (χ4v) is 6.46. The Balaban J connectivity index is 1.92. The highest BCUT2D eigenvalue weighted by Crippen LogP contribution is 2.51. The minimum atomic E-state index is -2.20. The topological polar surface area (TPSA) is 58.9 Å². The summed E-state index contributed by atoms with van der Waals surface area (Å²) in [7, 11) is -4.40.